The molecule has 0 unspecified atom stereocenters. The maximum absolute atomic E-state index is 11.1. The molecule has 84 valence electrons. The standard InChI is InChI=1S/C9H6INO4S/c10-8-6(16(13,14)15)3-1-5-2-4-7(12)11-9(5)8/h1-4H,(H,11,12)(H,13,14,15). The van der Waals surface area contributed by atoms with Crippen LogP contribution in [0.4, 0.5) is 0 Å². The first-order chi connectivity index (χ1) is 7.39. The first-order valence-electron chi connectivity index (χ1n) is 4.18. The second-order valence-corrected chi connectivity index (χ2v) is 5.61. The van der Waals surface area contributed by atoms with Crippen LogP contribution in [0.1, 0.15) is 0 Å². The van der Waals surface area contributed by atoms with E-state index in [1.165, 1.54) is 18.2 Å². The van der Waals surface area contributed by atoms with E-state index in [2.05, 4.69) is 4.98 Å². The molecule has 0 aliphatic rings. The van der Waals surface area contributed by atoms with Crippen molar-refractivity contribution in [3.63, 3.8) is 0 Å². The van der Waals surface area contributed by atoms with E-state index in [0.29, 0.717) is 14.5 Å². The third-order valence-corrected chi connectivity index (χ3v) is 4.46. The summed E-state index contributed by atoms with van der Waals surface area (Å²) in [5, 5.41) is 0.705. The normalized spacial score (nSPS) is 11.9. The molecule has 0 radical (unpaired) electrons. The van der Waals surface area contributed by atoms with Gasteiger partial charge in [-0.25, -0.2) is 0 Å². The highest BCUT2D eigenvalue weighted by atomic mass is 127. The molecule has 2 rings (SSSR count). The molecule has 1 heterocycles. The van der Waals surface area contributed by atoms with E-state index < -0.39 is 10.1 Å². The van der Waals surface area contributed by atoms with Crippen LogP contribution in [-0.2, 0) is 10.1 Å². The van der Waals surface area contributed by atoms with Crippen LogP contribution in [-0.4, -0.2) is 18.0 Å². The average Bonchev–Trinajstić information content (AvgIpc) is 2.17. The summed E-state index contributed by atoms with van der Waals surface area (Å²) in [5.74, 6) is 0. The van der Waals surface area contributed by atoms with Crippen molar-refractivity contribution in [2.24, 2.45) is 0 Å². The van der Waals surface area contributed by atoms with Gasteiger partial charge in [-0.3, -0.25) is 9.35 Å². The van der Waals surface area contributed by atoms with Gasteiger partial charge in [0.25, 0.3) is 10.1 Å². The molecule has 0 bridgehead atoms. The van der Waals surface area contributed by atoms with Crippen LogP contribution < -0.4 is 5.56 Å². The number of nitrogens with one attached hydrogen (secondary N) is 1. The zero-order valence-electron chi connectivity index (χ0n) is 7.77. The highest BCUT2D eigenvalue weighted by Gasteiger charge is 2.16. The van der Waals surface area contributed by atoms with E-state index in [1.807, 2.05) is 0 Å². The minimum atomic E-state index is -4.27. The quantitative estimate of drug-likeness (QED) is 0.600. The van der Waals surface area contributed by atoms with Gasteiger partial charge in [0.05, 0.1) is 9.09 Å². The Hall–Kier alpha value is -0.930. The zero-order chi connectivity index (χ0) is 11.9. The second-order valence-electron chi connectivity index (χ2n) is 3.14. The summed E-state index contributed by atoms with van der Waals surface area (Å²) in [5.41, 5.74) is 0.0844. The third kappa shape index (κ3) is 1.97. The monoisotopic (exact) mass is 351 g/mol. The number of H-pyrrole nitrogens is 1. The molecule has 0 spiro atoms. The maximum Gasteiger partial charge on any atom is 0.295 e. The van der Waals surface area contributed by atoms with Crippen LogP contribution in [0.2, 0.25) is 0 Å². The van der Waals surface area contributed by atoms with Gasteiger partial charge >= 0.3 is 0 Å². The Morgan fingerprint density at radius 1 is 1.19 bits per heavy atom. The van der Waals surface area contributed by atoms with Gasteiger partial charge in [-0.05, 0) is 40.1 Å². The van der Waals surface area contributed by atoms with E-state index in [4.69, 9.17) is 4.55 Å². The number of benzene rings is 1. The van der Waals surface area contributed by atoms with Crippen LogP contribution in [0.25, 0.3) is 10.9 Å². The van der Waals surface area contributed by atoms with Gasteiger partial charge in [0.2, 0.25) is 5.56 Å². The molecule has 5 nitrogen and oxygen atoms in total. The van der Waals surface area contributed by atoms with Crippen molar-refractivity contribution in [1.82, 2.24) is 4.98 Å². The summed E-state index contributed by atoms with van der Waals surface area (Å²) in [6.45, 7) is 0. The molecule has 0 saturated heterocycles. The predicted octanol–water partition coefficient (Wildman–Crippen LogP) is 1.38. The number of rotatable bonds is 1. The largest absolute Gasteiger partial charge is 0.321 e. The van der Waals surface area contributed by atoms with Crippen LogP contribution in [0.3, 0.4) is 0 Å². The fourth-order valence-corrected chi connectivity index (χ4v) is 3.40. The molecule has 1 aromatic carbocycles. The summed E-state index contributed by atoms with van der Waals surface area (Å²) in [4.78, 5) is 13.5. The molecule has 0 saturated carbocycles. The number of halogens is 1. The molecule has 0 aliphatic heterocycles. The van der Waals surface area contributed by atoms with E-state index >= 15 is 0 Å². The molecule has 16 heavy (non-hydrogen) atoms. The van der Waals surface area contributed by atoms with Gasteiger partial charge in [-0.1, -0.05) is 6.07 Å². The Labute approximate surface area is 104 Å². The lowest BCUT2D eigenvalue weighted by molar-refractivity contribution is 0.482. The molecule has 7 heteroatoms. The minimum absolute atomic E-state index is 0.206. The Morgan fingerprint density at radius 3 is 2.44 bits per heavy atom. The number of aromatic nitrogens is 1. The highest BCUT2D eigenvalue weighted by molar-refractivity contribution is 14.1. The fraction of sp³-hybridized carbons (Fsp3) is 0. The first kappa shape index (κ1) is 11.6. The van der Waals surface area contributed by atoms with Crippen molar-refractivity contribution in [2.75, 3.05) is 0 Å². The van der Waals surface area contributed by atoms with Gasteiger partial charge in [0.15, 0.2) is 0 Å². The zero-order valence-corrected chi connectivity index (χ0v) is 10.7. The molecular weight excluding hydrogens is 345 g/mol. The van der Waals surface area contributed by atoms with Gasteiger partial charge in [0, 0.05) is 6.07 Å². The van der Waals surface area contributed by atoms with Gasteiger partial charge in [-0.2, -0.15) is 8.42 Å². The Balaban J connectivity index is 2.94. The molecule has 0 fully saturated rings. The van der Waals surface area contributed by atoms with Crippen molar-refractivity contribution < 1.29 is 13.0 Å². The van der Waals surface area contributed by atoms with Crippen molar-refractivity contribution in [2.45, 2.75) is 4.90 Å². The molecule has 0 amide bonds. The summed E-state index contributed by atoms with van der Waals surface area (Å²) < 4.78 is 31.4. The van der Waals surface area contributed by atoms with Gasteiger partial charge in [-0.15, -0.1) is 0 Å². The lowest BCUT2D eigenvalue weighted by Gasteiger charge is -2.04. The van der Waals surface area contributed by atoms with Crippen LogP contribution >= 0.6 is 22.6 Å². The Bertz CT molecular complexity index is 720. The third-order valence-electron chi connectivity index (χ3n) is 2.08. The van der Waals surface area contributed by atoms with Crippen LogP contribution in [0.15, 0.2) is 34.0 Å². The number of hydrogen-bond acceptors (Lipinski definition) is 3. The topological polar surface area (TPSA) is 87.2 Å². The van der Waals surface area contributed by atoms with E-state index in [-0.39, 0.29) is 10.5 Å². The second kappa shape index (κ2) is 3.82. The number of pyridine rings is 1. The van der Waals surface area contributed by atoms with Crippen LogP contribution in [0, 0.1) is 3.57 Å². The number of hydrogen-bond donors (Lipinski definition) is 2. The molecule has 2 aromatic rings. The van der Waals surface area contributed by atoms with Crippen molar-refractivity contribution >= 4 is 43.6 Å². The molecule has 0 aliphatic carbocycles. The van der Waals surface area contributed by atoms with Crippen molar-refractivity contribution in [1.29, 1.82) is 0 Å². The SMILES string of the molecule is O=c1ccc2ccc(S(=O)(=O)O)c(I)c2[nH]1. The fourth-order valence-electron chi connectivity index (χ4n) is 1.37. The van der Waals surface area contributed by atoms with Crippen LogP contribution in [0.5, 0.6) is 0 Å². The first-order valence-corrected chi connectivity index (χ1v) is 6.70. The number of aromatic amines is 1. The maximum atomic E-state index is 11.1. The lowest BCUT2D eigenvalue weighted by atomic mass is 10.2. The Morgan fingerprint density at radius 2 is 1.81 bits per heavy atom. The Kier molecular flexibility index (Phi) is 2.76. The van der Waals surface area contributed by atoms with E-state index in [9.17, 15) is 13.2 Å². The van der Waals surface area contributed by atoms with Crippen molar-refractivity contribution in [3.8, 4) is 0 Å². The highest BCUT2D eigenvalue weighted by Crippen LogP contribution is 2.24. The summed E-state index contributed by atoms with van der Waals surface area (Å²) in [6.07, 6.45) is 0. The average molecular weight is 351 g/mol. The van der Waals surface area contributed by atoms with Crippen molar-refractivity contribution in [3.05, 3.63) is 38.2 Å². The summed E-state index contributed by atoms with van der Waals surface area (Å²) in [7, 11) is -4.27. The minimum Gasteiger partial charge on any atom is -0.321 e. The molecule has 0 atom stereocenters. The molecule has 1 aromatic heterocycles. The van der Waals surface area contributed by atoms with Gasteiger partial charge in [0.1, 0.15) is 4.90 Å². The van der Waals surface area contributed by atoms with Gasteiger partial charge < -0.3 is 4.98 Å². The summed E-state index contributed by atoms with van der Waals surface area (Å²) in [6, 6.07) is 5.77. The number of fused-ring (bicyclic) bond motifs is 1. The predicted molar refractivity (Wildman–Crippen MR) is 67.1 cm³/mol. The van der Waals surface area contributed by atoms with E-state index in [0.717, 1.165) is 0 Å². The molecule has 2 N–H and O–H groups in total. The van der Waals surface area contributed by atoms with E-state index in [1.54, 1.807) is 28.7 Å². The molecular formula is C9H6INO4S. The lowest BCUT2D eigenvalue weighted by Crippen LogP contribution is -2.06. The smallest absolute Gasteiger partial charge is 0.295 e. The summed E-state index contributed by atoms with van der Waals surface area (Å²) >= 11 is 1.77.